The number of hydrogen-bond acceptors (Lipinski definition) is 6. The maximum Gasteiger partial charge on any atom is 0.258 e. The molecule has 0 radical (unpaired) electrons. The van der Waals surface area contributed by atoms with Crippen LogP contribution in [0.25, 0.3) is 22.2 Å². The standard InChI is InChI=1S/C20H14N2O4/c1-2-4-14-9-15(6-5-13(14)3-1)20-21-19(22-26-20)11-23-16-7-8-17-18(10-16)25-12-24-17/h1-10H,11-12H2. The van der Waals surface area contributed by atoms with Crippen molar-refractivity contribution in [3.63, 3.8) is 0 Å². The molecule has 0 fully saturated rings. The van der Waals surface area contributed by atoms with Crippen LogP contribution in [-0.2, 0) is 6.61 Å². The lowest BCUT2D eigenvalue weighted by Gasteiger charge is -2.04. The van der Waals surface area contributed by atoms with Crippen molar-refractivity contribution < 1.29 is 18.7 Å². The van der Waals surface area contributed by atoms with Gasteiger partial charge in [-0.3, -0.25) is 0 Å². The third-order valence-corrected chi connectivity index (χ3v) is 4.18. The molecule has 0 N–H and O–H groups in total. The summed E-state index contributed by atoms with van der Waals surface area (Å²) in [7, 11) is 0. The number of ether oxygens (including phenoxy) is 3. The summed E-state index contributed by atoms with van der Waals surface area (Å²) >= 11 is 0. The number of aromatic nitrogens is 2. The Balaban J connectivity index is 1.33. The van der Waals surface area contributed by atoms with Crippen molar-refractivity contribution in [2.75, 3.05) is 6.79 Å². The van der Waals surface area contributed by atoms with Gasteiger partial charge in [0.1, 0.15) is 5.75 Å². The molecule has 0 atom stereocenters. The summed E-state index contributed by atoms with van der Waals surface area (Å²) in [6.45, 7) is 0.440. The zero-order valence-electron chi connectivity index (χ0n) is 13.7. The summed E-state index contributed by atoms with van der Waals surface area (Å²) in [5, 5.41) is 6.29. The van der Waals surface area contributed by atoms with Crippen molar-refractivity contribution in [1.82, 2.24) is 10.1 Å². The van der Waals surface area contributed by atoms with Gasteiger partial charge in [-0.15, -0.1) is 0 Å². The van der Waals surface area contributed by atoms with E-state index in [4.69, 9.17) is 18.7 Å². The first-order chi connectivity index (χ1) is 12.8. The lowest BCUT2D eigenvalue weighted by atomic mass is 10.1. The van der Waals surface area contributed by atoms with Gasteiger partial charge in [-0.25, -0.2) is 0 Å². The second-order valence-corrected chi connectivity index (χ2v) is 5.88. The molecule has 0 spiro atoms. The normalized spacial score (nSPS) is 12.5. The van der Waals surface area contributed by atoms with Crippen molar-refractivity contribution >= 4 is 10.8 Å². The quantitative estimate of drug-likeness (QED) is 0.552. The molecule has 1 aliphatic heterocycles. The fraction of sp³-hybridized carbons (Fsp3) is 0.100. The highest BCUT2D eigenvalue weighted by atomic mass is 16.7. The second kappa shape index (κ2) is 6.07. The largest absolute Gasteiger partial charge is 0.485 e. The lowest BCUT2D eigenvalue weighted by Crippen LogP contribution is -1.97. The first-order valence-electron chi connectivity index (χ1n) is 8.19. The predicted molar refractivity (Wildman–Crippen MR) is 94.1 cm³/mol. The smallest absolute Gasteiger partial charge is 0.258 e. The molecule has 2 heterocycles. The van der Waals surface area contributed by atoms with E-state index in [1.807, 2.05) is 42.5 Å². The van der Waals surface area contributed by atoms with E-state index in [2.05, 4.69) is 22.3 Å². The van der Waals surface area contributed by atoms with Crippen LogP contribution in [0.4, 0.5) is 0 Å². The van der Waals surface area contributed by atoms with Crippen LogP contribution in [0.15, 0.2) is 65.2 Å². The van der Waals surface area contributed by atoms with Gasteiger partial charge in [-0.05, 0) is 35.0 Å². The van der Waals surface area contributed by atoms with Gasteiger partial charge >= 0.3 is 0 Å². The van der Waals surface area contributed by atoms with Gasteiger partial charge in [-0.2, -0.15) is 4.98 Å². The van der Waals surface area contributed by atoms with E-state index in [1.165, 1.54) is 5.39 Å². The third kappa shape index (κ3) is 2.71. The molecule has 0 bridgehead atoms. The maximum absolute atomic E-state index is 5.72. The van der Waals surface area contributed by atoms with Crippen molar-refractivity contribution in [3.05, 3.63) is 66.5 Å². The number of rotatable bonds is 4. The molecule has 6 heteroatoms. The zero-order chi connectivity index (χ0) is 17.3. The summed E-state index contributed by atoms with van der Waals surface area (Å²) in [4.78, 5) is 4.42. The van der Waals surface area contributed by atoms with Crippen LogP contribution in [0.5, 0.6) is 17.2 Å². The Morgan fingerprint density at radius 1 is 0.885 bits per heavy atom. The monoisotopic (exact) mass is 346 g/mol. The van der Waals surface area contributed by atoms with Gasteiger partial charge in [0.15, 0.2) is 18.1 Å². The first kappa shape index (κ1) is 14.8. The van der Waals surface area contributed by atoms with Crippen LogP contribution in [0.1, 0.15) is 5.82 Å². The van der Waals surface area contributed by atoms with Gasteiger partial charge in [0.25, 0.3) is 5.89 Å². The Morgan fingerprint density at radius 2 is 1.77 bits per heavy atom. The zero-order valence-corrected chi connectivity index (χ0v) is 13.7. The van der Waals surface area contributed by atoms with Gasteiger partial charge in [0.05, 0.1) is 0 Å². The SMILES string of the molecule is c1ccc2cc(-c3nc(COc4ccc5c(c4)OCO5)no3)ccc2c1. The molecule has 26 heavy (non-hydrogen) atoms. The van der Waals surface area contributed by atoms with Crippen LogP contribution in [0, 0.1) is 0 Å². The Kier molecular flexibility index (Phi) is 3.45. The summed E-state index contributed by atoms with van der Waals surface area (Å²) in [6.07, 6.45) is 0. The molecular weight excluding hydrogens is 332 g/mol. The second-order valence-electron chi connectivity index (χ2n) is 5.88. The third-order valence-electron chi connectivity index (χ3n) is 4.18. The Morgan fingerprint density at radius 3 is 2.73 bits per heavy atom. The van der Waals surface area contributed by atoms with E-state index in [-0.39, 0.29) is 13.4 Å². The predicted octanol–water partition coefficient (Wildman–Crippen LogP) is 4.20. The molecule has 5 rings (SSSR count). The van der Waals surface area contributed by atoms with Crippen LogP contribution >= 0.6 is 0 Å². The first-order valence-corrected chi connectivity index (χ1v) is 8.19. The van der Waals surface area contributed by atoms with E-state index in [0.29, 0.717) is 23.2 Å². The highest BCUT2D eigenvalue weighted by molar-refractivity contribution is 5.86. The van der Waals surface area contributed by atoms with Crippen LogP contribution in [0.3, 0.4) is 0 Å². The molecule has 0 saturated heterocycles. The van der Waals surface area contributed by atoms with Crippen molar-refractivity contribution in [1.29, 1.82) is 0 Å². The average molecular weight is 346 g/mol. The minimum atomic E-state index is 0.205. The number of fused-ring (bicyclic) bond motifs is 2. The van der Waals surface area contributed by atoms with Gasteiger partial charge in [-0.1, -0.05) is 35.5 Å². The molecule has 3 aromatic carbocycles. The lowest BCUT2D eigenvalue weighted by molar-refractivity contribution is 0.173. The Labute approximate surface area is 148 Å². The number of benzene rings is 3. The fourth-order valence-corrected chi connectivity index (χ4v) is 2.87. The van der Waals surface area contributed by atoms with Crippen LogP contribution in [-0.4, -0.2) is 16.9 Å². The topological polar surface area (TPSA) is 66.6 Å². The van der Waals surface area contributed by atoms with Gasteiger partial charge in [0.2, 0.25) is 12.6 Å². The molecule has 0 aliphatic carbocycles. The highest BCUT2D eigenvalue weighted by Crippen LogP contribution is 2.35. The van der Waals surface area contributed by atoms with Crippen molar-refractivity contribution in [2.24, 2.45) is 0 Å². The van der Waals surface area contributed by atoms with E-state index in [0.717, 1.165) is 16.7 Å². The summed E-state index contributed by atoms with van der Waals surface area (Å²) in [6, 6.07) is 19.6. The maximum atomic E-state index is 5.72. The van der Waals surface area contributed by atoms with E-state index >= 15 is 0 Å². The van der Waals surface area contributed by atoms with Crippen LogP contribution < -0.4 is 14.2 Å². The van der Waals surface area contributed by atoms with E-state index < -0.39 is 0 Å². The number of hydrogen-bond donors (Lipinski definition) is 0. The molecule has 1 aromatic heterocycles. The molecule has 6 nitrogen and oxygen atoms in total. The molecule has 0 saturated carbocycles. The molecule has 4 aromatic rings. The molecule has 0 amide bonds. The minimum Gasteiger partial charge on any atom is -0.485 e. The van der Waals surface area contributed by atoms with Crippen LogP contribution in [0.2, 0.25) is 0 Å². The fourth-order valence-electron chi connectivity index (χ4n) is 2.87. The van der Waals surface area contributed by atoms with Gasteiger partial charge < -0.3 is 18.7 Å². The molecule has 1 aliphatic rings. The highest BCUT2D eigenvalue weighted by Gasteiger charge is 2.15. The molecule has 0 unspecified atom stereocenters. The van der Waals surface area contributed by atoms with Crippen molar-refractivity contribution in [2.45, 2.75) is 6.61 Å². The molecule has 128 valence electrons. The Bertz CT molecular complexity index is 1090. The van der Waals surface area contributed by atoms with E-state index in [9.17, 15) is 0 Å². The Hall–Kier alpha value is -3.54. The minimum absolute atomic E-state index is 0.205. The van der Waals surface area contributed by atoms with Gasteiger partial charge in [0, 0.05) is 11.6 Å². The molecular formula is C20H14N2O4. The van der Waals surface area contributed by atoms with E-state index in [1.54, 1.807) is 6.07 Å². The van der Waals surface area contributed by atoms with Crippen molar-refractivity contribution in [3.8, 4) is 28.7 Å². The average Bonchev–Trinajstić information content (AvgIpc) is 3.35. The summed E-state index contributed by atoms with van der Waals surface area (Å²) in [5.41, 5.74) is 0.880. The summed E-state index contributed by atoms with van der Waals surface area (Å²) in [5.74, 6) is 3.00. The number of nitrogens with zero attached hydrogens (tertiary/aromatic N) is 2. The summed E-state index contributed by atoms with van der Waals surface area (Å²) < 4.78 is 21.7.